The summed E-state index contributed by atoms with van der Waals surface area (Å²) in [7, 11) is 0. The van der Waals surface area contributed by atoms with Crippen LogP contribution in [0.1, 0.15) is 48.0 Å². The second kappa shape index (κ2) is 8.10. The Kier molecular flexibility index (Phi) is 7.98. The van der Waals surface area contributed by atoms with E-state index in [1.807, 2.05) is 34.6 Å². The smallest absolute Gasteiger partial charge is 0.410 e. The number of nitrogens with zero attached hydrogens (tertiary/aromatic N) is 1. The average molecular weight is 338 g/mol. The van der Waals surface area contributed by atoms with E-state index in [1.54, 1.807) is 4.90 Å². The molecule has 114 valence electrons. The number of alkyl halides is 1. The first-order valence-electron chi connectivity index (χ1n) is 6.85. The van der Waals surface area contributed by atoms with Crippen LogP contribution in [0.5, 0.6) is 0 Å². The standard InChI is InChI=1S/C14H28BrNO3/c1-7-9-18-14(6,10-15)11-16(8-2)12(17)19-13(3,4)5/h7-11H2,1-6H3. The highest BCUT2D eigenvalue weighted by Gasteiger charge is 2.30. The van der Waals surface area contributed by atoms with Crippen molar-refractivity contribution in [2.45, 2.75) is 59.2 Å². The molecule has 0 rings (SSSR count). The predicted octanol–water partition coefficient (Wildman–Crippen LogP) is 3.82. The zero-order valence-corrected chi connectivity index (χ0v) is 14.7. The van der Waals surface area contributed by atoms with E-state index in [0.717, 1.165) is 6.42 Å². The molecule has 0 N–H and O–H groups in total. The van der Waals surface area contributed by atoms with Gasteiger partial charge in [0.05, 0.1) is 12.1 Å². The minimum Gasteiger partial charge on any atom is -0.444 e. The molecule has 1 unspecified atom stereocenters. The van der Waals surface area contributed by atoms with Crippen LogP contribution in [-0.4, -0.2) is 47.2 Å². The maximum Gasteiger partial charge on any atom is 0.410 e. The van der Waals surface area contributed by atoms with Crippen LogP contribution in [0.15, 0.2) is 0 Å². The molecule has 1 atom stereocenters. The van der Waals surface area contributed by atoms with Crippen molar-refractivity contribution in [3.63, 3.8) is 0 Å². The molecule has 0 aromatic rings. The van der Waals surface area contributed by atoms with Crippen LogP contribution in [0.4, 0.5) is 4.79 Å². The van der Waals surface area contributed by atoms with Crippen LogP contribution >= 0.6 is 15.9 Å². The van der Waals surface area contributed by atoms with Gasteiger partial charge in [0.2, 0.25) is 0 Å². The highest BCUT2D eigenvalue weighted by molar-refractivity contribution is 9.09. The zero-order valence-electron chi connectivity index (χ0n) is 13.1. The first-order valence-corrected chi connectivity index (χ1v) is 7.97. The fraction of sp³-hybridized carbons (Fsp3) is 0.929. The molecule has 0 bridgehead atoms. The van der Waals surface area contributed by atoms with Gasteiger partial charge in [-0.2, -0.15) is 0 Å². The van der Waals surface area contributed by atoms with Gasteiger partial charge in [0.15, 0.2) is 0 Å². The second-order valence-corrected chi connectivity index (χ2v) is 6.49. The number of hydrogen-bond donors (Lipinski definition) is 0. The maximum atomic E-state index is 12.1. The van der Waals surface area contributed by atoms with E-state index in [0.29, 0.717) is 25.0 Å². The molecule has 0 radical (unpaired) electrons. The lowest BCUT2D eigenvalue weighted by molar-refractivity contribution is -0.0420. The Hall–Kier alpha value is -0.290. The maximum absolute atomic E-state index is 12.1. The second-order valence-electron chi connectivity index (χ2n) is 5.93. The summed E-state index contributed by atoms with van der Waals surface area (Å²) in [6.45, 7) is 13.4. The van der Waals surface area contributed by atoms with Crippen LogP contribution in [-0.2, 0) is 9.47 Å². The minimum absolute atomic E-state index is 0.290. The molecule has 1 amide bonds. The summed E-state index contributed by atoms with van der Waals surface area (Å²) in [5.74, 6) is 0. The number of hydrogen-bond acceptors (Lipinski definition) is 3. The van der Waals surface area contributed by atoms with Gasteiger partial charge in [-0.25, -0.2) is 4.79 Å². The summed E-state index contributed by atoms with van der Waals surface area (Å²) in [4.78, 5) is 13.8. The molecular formula is C14H28BrNO3. The monoisotopic (exact) mass is 337 g/mol. The molecule has 0 spiro atoms. The van der Waals surface area contributed by atoms with Crippen molar-refractivity contribution < 1.29 is 14.3 Å². The Morgan fingerprint density at radius 1 is 1.21 bits per heavy atom. The highest BCUT2D eigenvalue weighted by Crippen LogP contribution is 2.18. The lowest BCUT2D eigenvalue weighted by atomic mass is 10.1. The SMILES string of the molecule is CCCOC(C)(CBr)CN(CC)C(=O)OC(C)(C)C. The third-order valence-corrected chi connectivity index (χ3v) is 3.68. The van der Waals surface area contributed by atoms with Gasteiger partial charge >= 0.3 is 6.09 Å². The van der Waals surface area contributed by atoms with E-state index >= 15 is 0 Å². The van der Waals surface area contributed by atoms with Crippen molar-refractivity contribution in [2.75, 3.05) is 25.0 Å². The number of ether oxygens (including phenoxy) is 2. The molecule has 5 heteroatoms. The molecule has 0 aliphatic rings. The molecule has 4 nitrogen and oxygen atoms in total. The fourth-order valence-corrected chi connectivity index (χ4v) is 1.85. The highest BCUT2D eigenvalue weighted by atomic mass is 79.9. The van der Waals surface area contributed by atoms with E-state index in [2.05, 4.69) is 22.9 Å². The van der Waals surface area contributed by atoms with Gasteiger partial charge < -0.3 is 14.4 Å². The van der Waals surface area contributed by atoms with E-state index in [4.69, 9.17) is 9.47 Å². The van der Waals surface area contributed by atoms with Crippen LogP contribution in [0.25, 0.3) is 0 Å². The van der Waals surface area contributed by atoms with Crippen molar-refractivity contribution >= 4 is 22.0 Å². The largest absolute Gasteiger partial charge is 0.444 e. The Morgan fingerprint density at radius 3 is 2.16 bits per heavy atom. The normalized spacial score (nSPS) is 14.9. The van der Waals surface area contributed by atoms with Gasteiger partial charge in [0, 0.05) is 18.5 Å². The van der Waals surface area contributed by atoms with Gasteiger partial charge in [-0.1, -0.05) is 22.9 Å². The number of rotatable bonds is 7. The van der Waals surface area contributed by atoms with E-state index < -0.39 is 5.60 Å². The summed E-state index contributed by atoms with van der Waals surface area (Å²) in [5.41, 5.74) is -0.859. The number of carbonyl (C=O) groups excluding carboxylic acids is 1. The number of halogens is 1. The van der Waals surface area contributed by atoms with E-state index in [-0.39, 0.29) is 11.7 Å². The number of likely N-dealkylation sites (N-methyl/N-ethyl adjacent to an activating group) is 1. The first kappa shape index (κ1) is 18.7. The van der Waals surface area contributed by atoms with Crippen molar-refractivity contribution in [1.29, 1.82) is 0 Å². The van der Waals surface area contributed by atoms with Crippen molar-refractivity contribution in [2.24, 2.45) is 0 Å². The topological polar surface area (TPSA) is 38.8 Å². The lowest BCUT2D eigenvalue weighted by Gasteiger charge is -2.34. The van der Waals surface area contributed by atoms with E-state index in [1.165, 1.54) is 0 Å². The molecule has 0 aliphatic carbocycles. The molecular weight excluding hydrogens is 310 g/mol. The third-order valence-electron chi connectivity index (χ3n) is 2.50. The molecule has 0 aliphatic heterocycles. The Bertz CT molecular complexity index is 278. The Balaban J connectivity index is 4.63. The summed E-state index contributed by atoms with van der Waals surface area (Å²) >= 11 is 3.47. The Morgan fingerprint density at radius 2 is 1.79 bits per heavy atom. The van der Waals surface area contributed by atoms with Crippen LogP contribution < -0.4 is 0 Å². The number of carbonyl (C=O) groups is 1. The molecule has 0 fully saturated rings. The summed E-state index contributed by atoms with van der Waals surface area (Å²) < 4.78 is 11.2. The molecule has 0 aromatic carbocycles. The van der Waals surface area contributed by atoms with Crippen LogP contribution in [0.2, 0.25) is 0 Å². The number of amides is 1. The summed E-state index contributed by atoms with van der Waals surface area (Å²) in [6.07, 6.45) is 0.670. The van der Waals surface area contributed by atoms with E-state index in [9.17, 15) is 4.79 Å². The van der Waals surface area contributed by atoms with Gasteiger partial charge in [-0.3, -0.25) is 0 Å². The summed E-state index contributed by atoms with van der Waals surface area (Å²) in [5, 5.41) is 0.680. The first-order chi connectivity index (χ1) is 8.67. The Labute approximate surface area is 125 Å². The van der Waals surface area contributed by atoms with Crippen LogP contribution in [0, 0.1) is 0 Å². The quantitative estimate of drug-likeness (QED) is 0.663. The average Bonchev–Trinajstić information content (AvgIpc) is 2.31. The molecule has 0 saturated carbocycles. The lowest BCUT2D eigenvalue weighted by Crippen LogP contribution is -2.48. The molecule has 0 aromatic heterocycles. The minimum atomic E-state index is -0.473. The van der Waals surface area contributed by atoms with Gasteiger partial charge in [-0.05, 0) is 41.0 Å². The fourth-order valence-electron chi connectivity index (χ4n) is 1.51. The molecule has 19 heavy (non-hydrogen) atoms. The molecule has 0 heterocycles. The van der Waals surface area contributed by atoms with Crippen molar-refractivity contribution in [1.82, 2.24) is 4.90 Å². The zero-order chi connectivity index (χ0) is 15.1. The predicted molar refractivity (Wildman–Crippen MR) is 81.9 cm³/mol. The third kappa shape index (κ3) is 7.78. The molecule has 0 saturated heterocycles. The van der Waals surface area contributed by atoms with Gasteiger partial charge in [0.1, 0.15) is 5.60 Å². The van der Waals surface area contributed by atoms with Gasteiger partial charge in [0.25, 0.3) is 0 Å². The summed E-state index contributed by atoms with van der Waals surface area (Å²) in [6, 6.07) is 0. The van der Waals surface area contributed by atoms with Gasteiger partial charge in [-0.15, -0.1) is 0 Å². The van der Waals surface area contributed by atoms with Crippen molar-refractivity contribution in [3.05, 3.63) is 0 Å². The van der Waals surface area contributed by atoms with Crippen LogP contribution in [0.3, 0.4) is 0 Å². The van der Waals surface area contributed by atoms with Crippen molar-refractivity contribution in [3.8, 4) is 0 Å².